The minimum Gasteiger partial charge on any atom is -0.494 e. The van der Waals surface area contributed by atoms with Crippen LogP contribution in [0.3, 0.4) is 0 Å². The van der Waals surface area contributed by atoms with Crippen molar-refractivity contribution in [3.8, 4) is 5.75 Å². The van der Waals surface area contributed by atoms with Crippen LogP contribution in [0.15, 0.2) is 48.5 Å². The highest BCUT2D eigenvalue weighted by Gasteiger charge is 2.16. The number of carbonyl (C=O) groups excluding carboxylic acids is 1. The third-order valence-electron chi connectivity index (χ3n) is 4.26. The molecule has 5 heteroatoms. The number of ether oxygens (including phenoxy) is 1. The molecular weight excluding hydrogens is 319 g/mol. The summed E-state index contributed by atoms with van der Waals surface area (Å²) >= 11 is 0. The molecule has 1 aliphatic heterocycles. The Balaban J connectivity index is 1.45. The molecule has 1 saturated heterocycles. The third kappa shape index (κ3) is 4.95. The highest BCUT2D eigenvalue weighted by molar-refractivity contribution is 5.94. The minimum absolute atomic E-state index is 0.0191. The molecule has 0 atom stereocenters. The molecule has 4 nitrogen and oxygen atoms in total. The predicted octanol–water partition coefficient (Wildman–Crippen LogP) is 4.22. The average molecular weight is 342 g/mol. The van der Waals surface area contributed by atoms with E-state index >= 15 is 0 Å². The average Bonchev–Trinajstić information content (AvgIpc) is 3.15. The summed E-state index contributed by atoms with van der Waals surface area (Å²) < 4.78 is 18.3. The quantitative estimate of drug-likeness (QED) is 0.766. The Morgan fingerprint density at radius 3 is 2.56 bits per heavy atom. The molecule has 132 valence electrons. The summed E-state index contributed by atoms with van der Waals surface area (Å²) in [5.41, 5.74) is 1.96. The van der Waals surface area contributed by atoms with Gasteiger partial charge >= 0.3 is 0 Å². The fourth-order valence-corrected chi connectivity index (χ4v) is 2.98. The predicted molar refractivity (Wildman–Crippen MR) is 97.6 cm³/mol. The van der Waals surface area contributed by atoms with Crippen LogP contribution >= 0.6 is 0 Å². The first kappa shape index (κ1) is 17.3. The number of rotatable bonds is 7. The first-order chi connectivity index (χ1) is 12.2. The van der Waals surface area contributed by atoms with Crippen molar-refractivity contribution >= 4 is 17.3 Å². The number of anilines is 2. The fourth-order valence-electron chi connectivity index (χ4n) is 2.98. The lowest BCUT2D eigenvalue weighted by Gasteiger charge is -2.21. The van der Waals surface area contributed by atoms with E-state index in [1.54, 1.807) is 12.1 Å². The molecule has 0 aliphatic carbocycles. The lowest BCUT2D eigenvalue weighted by molar-refractivity contribution is -0.116. The van der Waals surface area contributed by atoms with Crippen molar-refractivity contribution < 1.29 is 13.9 Å². The van der Waals surface area contributed by atoms with Crippen molar-refractivity contribution in [3.63, 3.8) is 0 Å². The van der Waals surface area contributed by atoms with Gasteiger partial charge in [-0.05, 0) is 55.7 Å². The van der Waals surface area contributed by atoms with Crippen LogP contribution in [0.5, 0.6) is 5.75 Å². The maximum absolute atomic E-state index is 12.8. The molecule has 0 radical (unpaired) electrons. The van der Waals surface area contributed by atoms with E-state index in [0.717, 1.165) is 24.5 Å². The van der Waals surface area contributed by atoms with E-state index in [0.29, 0.717) is 25.2 Å². The van der Waals surface area contributed by atoms with Crippen LogP contribution in [0.1, 0.15) is 25.7 Å². The van der Waals surface area contributed by atoms with Crippen molar-refractivity contribution in [2.75, 3.05) is 29.9 Å². The highest BCUT2D eigenvalue weighted by atomic mass is 19.1. The van der Waals surface area contributed by atoms with E-state index in [1.807, 2.05) is 18.2 Å². The monoisotopic (exact) mass is 342 g/mol. The summed E-state index contributed by atoms with van der Waals surface area (Å²) in [5, 5.41) is 3.01. The third-order valence-corrected chi connectivity index (χ3v) is 4.26. The Bertz CT molecular complexity index is 697. The second-order valence-electron chi connectivity index (χ2n) is 6.17. The van der Waals surface area contributed by atoms with E-state index in [-0.39, 0.29) is 11.7 Å². The van der Waals surface area contributed by atoms with E-state index in [4.69, 9.17) is 4.74 Å². The smallest absolute Gasteiger partial charge is 0.224 e. The summed E-state index contributed by atoms with van der Waals surface area (Å²) in [4.78, 5) is 14.5. The minimum atomic E-state index is -0.289. The molecule has 1 amide bonds. The second-order valence-corrected chi connectivity index (χ2v) is 6.17. The zero-order valence-corrected chi connectivity index (χ0v) is 14.2. The molecule has 0 spiro atoms. The number of carbonyl (C=O) groups is 1. The van der Waals surface area contributed by atoms with Crippen molar-refractivity contribution in [3.05, 3.63) is 54.3 Å². The molecule has 1 fully saturated rings. The molecule has 1 aliphatic rings. The molecule has 2 aromatic rings. The highest BCUT2D eigenvalue weighted by Crippen LogP contribution is 2.28. The maximum Gasteiger partial charge on any atom is 0.224 e. The molecule has 0 saturated carbocycles. The van der Waals surface area contributed by atoms with Crippen molar-refractivity contribution in [2.45, 2.75) is 25.7 Å². The van der Waals surface area contributed by atoms with Crippen LogP contribution < -0.4 is 15.0 Å². The number of halogens is 1. The van der Waals surface area contributed by atoms with Gasteiger partial charge in [0, 0.05) is 19.5 Å². The Morgan fingerprint density at radius 1 is 1.08 bits per heavy atom. The molecular formula is C20H23FN2O2. The van der Waals surface area contributed by atoms with E-state index in [1.165, 1.54) is 25.0 Å². The number of nitrogens with zero attached hydrogens (tertiary/aromatic N) is 1. The van der Waals surface area contributed by atoms with Gasteiger partial charge in [-0.25, -0.2) is 4.39 Å². The van der Waals surface area contributed by atoms with Gasteiger partial charge in [-0.1, -0.05) is 12.1 Å². The van der Waals surface area contributed by atoms with Crippen molar-refractivity contribution in [2.24, 2.45) is 0 Å². The molecule has 25 heavy (non-hydrogen) atoms. The van der Waals surface area contributed by atoms with Crippen LogP contribution in [0.25, 0.3) is 0 Å². The Labute approximate surface area is 147 Å². The van der Waals surface area contributed by atoms with Gasteiger partial charge in [0.05, 0.1) is 18.0 Å². The van der Waals surface area contributed by atoms with Gasteiger partial charge in [0.25, 0.3) is 0 Å². The van der Waals surface area contributed by atoms with Gasteiger partial charge in [0.2, 0.25) is 5.91 Å². The molecule has 1 N–H and O–H groups in total. The Hall–Kier alpha value is -2.56. The summed E-state index contributed by atoms with van der Waals surface area (Å²) in [6, 6.07) is 13.8. The van der Waals surface area contributed by atoms with E-state index < -0.39 is 0 Å². The normalized spacial score (nSPS) is 13.7. The number of hydrogen-bond donors (Lipinski definition) is 1. The summed E-state index contributed by atoms with van der Waals surface area (Å²) in [5.74, 6) is 0.305. The van der Waals surface area contributed by atoms with E-state index in [9.17, 15) is 9.18 Å². The van der Waals surface area contributed by atoms with Gasteiger partial charge in [-0.15, -0.1) is 0 Å². The number of amides is 1. The summed E-state index contributed by atoms with van der Waals surface area (Å²) in [6.45, 7) is 2.50. The van der Waals surface area contributed by atoms with Crippen LogP contribution in [0.2, 0.25) is 0 Å². The number of para-hydroxylation sites is 2. The summed E-state index contributed by atoms with van der Waals surface area (Å²) in [6.07, 6.45) is 3.39. The molecule has 0 bridgehead atoms. The van der Waals surface area contributed by atoms with Gasteiger partial charge < -0.3 is 15.0 Å². The first-order valence-electron chi connectivity index (χ1n) is 8.74. The van der Waals surface area contributed by atoms with Crippen molar-refractivity contribution in [1.29, 1.82) is 0 Å². The molecule has 1 heterocycles. The zero-order chi connectivity index (χ0) is 17.5. The standard InChI is InChI=1S/C20H23FN2O2/c21-16-9-11-17(12-10-16)25-15-5-8-20(24)22-18-6-1-2-7-19(18)23-13-3-4-14-23/h1-2,6-7,9-12H,3-5,8,13-15H2,(H,22,24). The largest absolute Gasteiger partial charge is 0.494 e. The number of nitrogens with one attached hydrogen (secondary N) is 1. The van der Waals surface area contributed by atoms with Gasteiger partial charge in [-0.3, -0.25) is 4.79 Å². The van der Waals surface area contributed by atoms with Crippen LogP contribution in [-0.4, -0.2) is 25.6 Å². The summed E-state index contributed by atoms with van der Waals surface area (Å²) in [7, 11) is 0. The number of benzene rings is 2. The first-order valence-corrected chi connectivity index (χ1v) is 8.74. The van der Waals surface area contributed by atoms with E-state index in [2.05, 4.69) is 16.3 Å². The van der Waals surface area contributed by atoms with Crippen LogP contribution in [-0.2, 0) is 4.79 Å². The molecule has 2 aromatic carbocycles. The topological polar surface area (TPSA) is 41.6 Å². The SMILES string of the molecule is O=C(CCCOc1ccc(F)cc1)Nc1ccccc1N1CCCC1. The lowest BCUT2D eigenvalue weighted by atomic mass is 10.2. The lowest BCUT2D eigenvalue weighted by Crippen LogP contribution is -2.21. The van der Waals surface area contributed by atoms with Gasteiger partial charge in [0.15, 0.2) is 0 Å². The second kappa shape index (κ2) is 8.51. The molecule has 3 rings (SSSR count). The van der Waals surface area contributed by atoms with Crippen LogP contribution in [0.4, 0.5) is 15.8 Å². The Morgan fingerprint density at radius 2 is 1.80 bits per heavy atom. The van der Waals surface area contributed by atoms with Gasteiger partial charge in [-0.2, -0.15) is 0 Å². The number of hydrogen-bond acceptors (Lipinski definition) is 3. The van der Waals surface area contributed by atoms with Gasteiger partial charge in [0.1, 0.15) is 11.6 Å². The molecule has 0 unspecified atom stereocenters. The Kier molecular flexibility index (Phi) is 5.88. The van der Waals surface area contributed by atoms with Crippen LogP contribution in [0, 0.1) is 5.82 Å². The maximum atomic E-state index is 12.8. The fraction of sp³-hybridized carbons (Fsp3) is 0.350. The zero-order valence-electron chi connectivity index (χ0n) is 14.2. The molecule has 0 aromatic heterocycles. The van der Waals surface area contributed by atoms with Crippen molar-refractivity contribution in [1.82, 2.24) is 0 Å².